The van der Waals surface area contributed by atoms with E-state index in [9.17, 15) is 9.90 Å². The van der Waals surface area contributed by atoms with Crippen molar-refractivity contribution in [2.45, 2.75) is 13.0 Å². The highest BCUT2D eigenvalue weighted by molar-refractivity contribution is 9.10. The molecule has 1 aromatic rings. The van der Waals surface area contributed by atoms with E-state index in [0.717, 1.165) is 0 Å². The highest BCUT2D eigenvalue weighted by Gasteiger charge is 2.25. The number of halogens is 2. The summed E-state index contributed by atoms with van der Waals surface area (Å²) in [6, 6.07) is 5.01. The molecule has 0 fully saturated rings. The molecule has 0 spiro atoms. The van der Waals surface area contributed by atoms with Gasteiger partial charge >= 0.3 is 5.97 Å². The third-order valence-electron chi connectivity index (χ3n) is 2.33. The van der Waals surface area contributed by atoms with Crippen LogP contribution in [0.25, 0.3) is 0 Å². The van der Waals surface area contributed by atoms with Gasteiger partial charge in [0.25, 0.3) is 0 Å². The summed E-state index contributed by atoms with van der Waals surface area (Å²) in [5.41, 5.74) is 0.613. The molecular formula is C11H12BrClO3. The number of ether oxygens (including phenoxy) is 1. The van der Waals surface area contributed by atoms with Gasteiger partial charge in [-0.25, -0.2) is 0 Å². The second-order valence-electron chi connectivity index (χ2n) is 3.42. The Morgan fingerprint density at radius 2 is 2.19 bits per heavy atom. The van der Waals surface area contributed by atoms with Crippen molar-refractivity contribution in [1.29, 1.82) is 0 Å². The normalized spacial score (nSPS) is 14.3. The lowest BCUT2D eigenvalue weighted by Gasteiger charge is -2.18. The molecule has 0 heterocycles. The van der Waals surface area contributed by atoms with Crippen molar-refractivity contribution < 1.29 is 14.6 Å². The number of hydrogen-bond donors (Lipinski definition) is 1. The molecule has 0 aromatic heterocycles. The van der Waals surface area contributed by atoms with E-state index in [1.54, 1.807) is 25.1 Å². The van der Waals surface area contributed by atoms with Crippen molar-refractivity contribution in [3.05, 3.63) is 33.3 Å². The fraction of sp³-hybridized carbons (Fsp3) is 0.364. The number of aliphatic hydroxyl groups is 1. The minimum atomic E-state index is -0.918. The molecule has 0 bridgehead atoms. The summed E-state index contributed by atoms with van der Waals surface area (Å²) >= 11 is 9.08. The lowest BCUT2D eigenvalue weighted by Crippen LogP contribution is -2.20. The Morgan fingerprint density at radius 1 is 1.56 bits per heavy atom. The van der Waals surface area contributed by atoms with Gasteiger partial charge < -0.3 is 9.84 Å². The Kier molecular flexibility index (Phi) is 4.77. The molecule has 1 aromatic carbocycles. The molecule has 0 radical (unpaired) electrons. The summed E-state index contributed by atoms with van der Waals surface area (Å²) in [4.78, 5) is 11.3. The zero-order chi connectivity index (χ0) is 12.3. The molecule has 0 aliphatic carbocycles. The number of aliphatic hydroxyl groups excluding tert-OH is 1. The molecule has 0 saturated heterocycles. The maximum Gasteiger partial charge on any atom is 0.311 e. The summed E-state index contributed by atoms with van der Waals surface area (Å²) in [5.74, 6) is -1.07. The van der Waals surface area contributed by atoms with E-state index in [1.807, 2.05) is 0 Å². The van der Waals surface area contributed by atoms with Crippen LogP contribution in [0.5, 0.6) is 0 Å². The quantitative estimate of drug-likeness (QED) is 0.873. The van der Waals surface area contributed by atoms with Gasteiger partial charge in [-0.1, -0.05) is 33.6 Å². The van der Waals surface area contributed by atoms with Crippen molar-refractivity contribution >= 4 is 33.5 Å². The number of hydrogen-bond acceptors (Lipinski definition) is 3. The number of carbonyl (C=O) groups excluding carboxylic acids is 1. The molecule has 0 saturated carbocycles. The Hall–Kier alpha value is -0.580. The van der Waals surface area contributed by atoms with E-state index in [1.165, 1.54) is 7.11 Å². The van der Waals surface area contributed by atoms with Crippen LogP contribution in [0.1, 0.15) is 18.6 Å². The average Bonchev–Trinajstić information content (AvgIpc) is 2.26. The van der Waals surface area contributed by atoms with Gasteiger partial charge in [0.2, 0.25) is 0 Å². The lowest BCUT2D eigenvalue weighted by molar-refractivity contribution is -0.148. The van der Waals surface area contributed by atoms with Crippen molar-refractivity contribution in [3.63, 3.8) is 0 Å². The maximum atomic E-state index is 11.3. The monoisotopic (exact) mass is 306 g/mol. The second kappa shape index (κ2) is 5.66. The van der Waals surface area contributed by atoms with E-state index in [4.69, 9.17) is 11.6 Å². The average molecular weight is 308 g/mol. The predicted octanol–water partition coefficient (Wildman–Crippen LogP) is 2.95. The topological polar surface area (TPSA) is 46.5 Å². The first kappa shape index (κ1) is 13.5. The van der Waals surface area contributed by atoms with Crippen LogP contribution in [0.2, 0.25) is 5.02 Å². The summed E-state index contributed by atoms with van der Waals surface area (Å²) in [6.07, 6.45) is -0.918. The first-order valence-corrected chi connectivity index (χ1v) is 5.85. The molecular weight excluding hydrogens is 295 g/mol. The maximum absolute atomic E-state index is 11.3. The number of esters is 1. The van der Waals surface area contributed by atoms with Crippen LogP contribution in [0, 0.1) is 5.92 Å². The molecule has 16 heavy (non-hydrogen) atoms. The molecule has 2 atom stereocenters. The van der Waals surface area contributed by atoms with Crippen LogP contribution in [0.4, 0.5) is 0 Å². The third kappa shape index (κ3) is 2.97. The fourth-order valence-corrected chi connectivity index (χ4v) is 2.24. The van der Waals surface area contributed by atoms with Gasteiger partial charge in [0, 0.05) is 9.50 Å². The molecule has 0 aliphatic heterocycles. The number of methoxy groups -OCH3 is 1. The van der Waals surface area contributed by atoms with Gasteiger partial charge in [-0.15, -0.1) is 0 Å². The minimum Gasteiger partial charge on any atom is -0.469 e. The lowest BCUT2D eigenvalue weighted by atomic mass is 9.98. The zero-order valence-electron chi connectivity index (χ0n) is 8.91. The van der Waals surface area contributed by atoms with Gasteiger partial charge in [0.15, 0.2) is 0 Å². The van der Waals surface area contributed by atoms with E-state index >= 15 is 0 Å². The SMILES string of the molecule is COC(=O)C(C)C(O)c1ccc(Cl)cc1Br. The number of benzene rings is 1. The van der Waals surface area contributed by atoms with E-state index in [-0.39, 0.29) is 0 Å². The van der Waals surface area contributed by atoms with Gasteiger partial charge in [0.1, 0.15) is 0 Å². The van der Waals surface area contributed by atoms with Crippen LogP contribution >= 0.6 is 27.5 Å². The molecule has 3 nitrogen and oxygen atoms in total. The van der Waals surface area contributed by atoms with Gasteiger partial charge in [0.05, 0.1) is 19.1 Å². The highest BCUT2D eigenvalue weighted by atomic mass is 79.9. The fourth-order valence-electron chi connectivity index (χ4n) is 1.33. The first-order valence-electron chi connectivity index (χ1n) is 4.68. The Balaban J connectivity index is 2.96. The number of carbonyl (C=O) groups is 1. The summed E-state index contributed by atoms with van der Waals surface area (Å²) in [7, 11) is 1.29. The summed E-state index contributed by atoms with van der Waals surface area (Å²) < 4.78 is 5.25. The van der Waals surface area contributed by atoms with E-state index in [2.05, 4.69) is 20.7 Å². The minimum absolute atomic E-state index is 0.450. The smallest absolute Gasteiger partial charge is 0.311 e. The molecule has 0 amide bonds. The summed E-state index contributed by atoms with van der Waals surface area (Å²) in [5, 5.41) is 10.6. The molecule has 5 heteroatoms. The Morgan fingerprint density at radius 3 is 2.69 bits per heavy atom. The Labute approximate surface area is 107 Å². The van der Waals surface area contributed by atoms with Crippen LogP contribution in [0.15, 0.2) is 22.7 Å². The largest absolute Gasteiger partial charge is 0.469 e. The Bertz CT molecular complexity index is 395. The highest BCUT2D eigenvalue weighted by Crippen LogP contribution is 2.31. The zero-order valence-corrected chi connectivity index (χ0v) is 11.2. The predicted molar refractivity (Wildman–Crippen MR) is 65.3 cm³/mol. The van der Waals surface area contributed by atoms with Crippen molar-refractivity contribution in [1.82, 2.24) is 0 Å². The van der Waals surface area contributed by atoms with Crippen LogP contribution in [-0.4, -0.2) is 18.2 Å². The standard InChI is InChI=1S/C11H12BrClO3/c1-6(11(15)16-2)10(14)8-4-3-7(13)5-9(8)12/h3-6,10,14H,1-2H3. The summed E-state index contributed by atoms with van der Waals surface area (Å²) in [6.45, 7) is 1.61. The first-order chi connectivity index (χ1) is 7.47. The van der Waals surface area contributed by atoms with Crippen LogP contribution < -0.4 is 0 Å². The van der Waals surface area contributed by atoms with Crippen molar-refractivity contribution in [3.8, 4) is 0 Å². The molecule has 1 N–H and O–H groups in total. The molecule has 88 valence electrons. The molecule has 0 aliphatic rings. The van der Waals surface area contributed by atoms with Crippen LogP contribution in [0.3, 0.4) is 0 Å². The van der Waals surface area contributed by atoms with E-state index in [0.29, 0.717) is 15.1 Å². The van der Waals surface area contributed by atoms with Gasteiger partial charge in [-0.05, 0) is 24.6 Å². The molecule has 2 unspecified atom stereocenters. The van der Waals surface area contributed by atoms with Gasteiger partial charge in [-0.2, -0.15) is 0 Å². The van der Waals surface area contributed by atoms with E-state index < -0.39 is 18.0 Å². The van der Waals surface area contributed by atoms with Crippen molar-refractivity contribution in [2.75, 3.05) is 7.11 Å². The second-order valence-corrected chi connectivity index (χ2v) is 4.71. The van der Waals surface area contributed by atoms with Crippen LogP contribution in [-0.2, 0) is 9.53 Å². The molecule has 1 rings (SSSR count). The third-order valence-corrected chi connectivity index (χ3v) is 3.25. The number of rotatable bonds is 3. The van der Waals surface area contributed by atoms with Crippen molar-refractivity contribution in [2.24, 2.45) is 5.92 Å². The van der Waals surface area contributed by atoms with Gasteiger partial charge in [-0.3, -0.25) is 4.79 Å².